The van der Waals surface area contributed by atoms with Crippen molar-refractivity contribution in [1.29, 1.82) is 0 Å². The van der Waals surface area contributed by atoms with Gasteiger partial charge in [0.15, 0.2) is 0 Å². The molecule has 0 radical (unpaired) electrons. The van der Waals surface area contributed by atoms with Gasteiger partial charge in [0.25, 0.3) is 0 Å². The van der Waals surface area contributed by atoms with Crippen LogP contribution in [-0.4, -0.2) is 7.05 Å². The summed E-state index contributed by atoms with van der Waals surface area (Å²) >= 11 is 6.05. The molecule has 0 amide bonds. The zero-order valence-corrected chi connectivity index (χ0v) is 13.2. The van der Waals surface area contributed by atoms with E-state index in [-0.39, 0.29) is 0 Å². The smallest absolute Gasteiger partial charge is 0.0409 e. The molecule has 0 fully saturated rings. The summed E-state index contributed by atoms with van der Waals surface area (Å²) in [6.45, 7) is 2.27. The van der Waals surface area contributed by atoms with E-state index in [1.807, 2.05) is 19.2 Å². The molecule has 0 aliphatic heterocycles. The van der Waals surface area contributed by atoms with Crippen molar-refractivity contribution in [2.24, 2.45) is 0 Å². The highest BCUT2D eigenvalue weighted by Crippen LogP contribution is 2.22. The van der Waals surface area contributed by atoms with E-state index in [2.05, 4.69) is 24.4 Å². The Bertz CT molecular complexity index is 338. The van der Waals surface area contributed by atoms with Crippen molar-refractivity contribution in [3.63, 3.8) is 0 Å². The Labute approximate surface area is 123 Å². The average molecular weight is 282 g/mol. The van der Waals surface area contributed by atoms with Crippen molar-refractivity contribution < 1.29 is 0 Å². The van der Waals surface area contributed by atoms with Crippen LogP contribution in [0.15, 0.2) is 24.3 Å². The highest BCUT2D eigenvalue weighted by atomic mass is 35.5. The van der Waals surface area contributed by atoms with Crippen LogP contribution in [0.1, 0.15) is 69.9 Å². The highest BCUT2D eigenvalue weighted by Gasteiger charge is 2.08. The van der Waals surface area contributed by atoms with E-state index in [4.69, 9.17) is 11.6 Å². The number of unbranched alkanes of at least 4 members (excludes halogenated alkanes) is 6. The van der Waals surface area contributed by atoms with Gasteiger partial charge in [-0.1, -0.05) is 75.6 Å². The third kappa shape index (κ3) is 6.98. The summed E-state index contributed by atoms with van der Waals surface area (Å²) < 4.78 is 0. The van der Waals surface area contributed by atoms with Crippen LogP contribution in [0.2, 0.25) is 5.02 Å². The van der Waals surface area contributed by atoms with Crippen LogP contribution in [-0.2, 0) is 0 Å². The number of rotatable bonds is 10. The van der Waals surface area contributed by atoms with Crippen molar-refractivity contribution in [2.75, 3.05) is 7.05 Å². The molecular weight excluding hydrogens is 254 g/mol. The quantitative estimate of drug-likeness (QED) is 0.539. The molecule has 0 aliphatic carbocycles. The van der Waals surface area contributed by atoms with Crippen LogP contribution in [0.25, 0.3) is 0 Å². The van der Waals surface area contributed by atoms with Crippen LogP contribution >= 0.6 is 11.6 Å². The van der Waals surface area contributed by atoms with E-state index < -0.39 is 0 Å². The fourth-order valence-electron chi connectivity index (χ4n) is 2.51. The number of hydrogen-bond donors (Lipinski definition) is 1. The lowest BCUT2D eigenvalue weighted by atomic mass is 9.99. The van der Waals surface area contributed by atoms with Gasteiger partial charge in [-0.15, -0.1) is 0 Å². The molecule has 108 valence electrons. The normalized spacial score (nSPS) is 12.6. The van der Waals surface area contributed by atoms with E-state index in [0.717, 1.165) is 5.02 Å². The van der Waals surface area contributed by atoms with Crippen molar-refractivity contribution in [1.82, 2.24) is 5.32 Å². The first-order chi connectivity index (χ1) is 9.27. The molecule has 0 heterocycles. The zero-order chi connectivity index (χ0) is 13.9. The Morgan fingerprint density at radius 1 is 1.05 bits per heavy atom. The van der Waals surface area contributed by atoms with Crippen LogP contribution < -0.4 is 5.32 Å². The number of benzene rings is 1. The summed E-state index contributed by atoms with van der Waals surface area (Å²) in [4.78, 5) is 0. The van der Waals surface area contributed by atoms with Gasteiger partial charge in [0.05, 0.1) is 0 Å². The van der Waals surface area contributed by atoms with Crippen LogP contribution in [0.4, 0.5) is 0 Å². The van der Waals surface area contributed by atoms with E-state index in [0.29, 0.717) is 6.04 Å². The molecular formula is C17H28ClN. The van der Waals surface area contributed by atoms with Crippen LogP contribution in [0, 0.1) is 0 Å². The minimum atomic E-state index is 0.439. The number of halogens is 1. The first-order valence-electron chi connectivity index (χ1n) is 7.70. The molecule has 0 spiro atoms. The summed E-state index contributed by atoms with van der Waals surface area (Å²) in [7, 11) is 2.03. The van der Waals surface area contributed by atoms with Gasteiger partial charge in [0, 0.05) is 11.1 Å². The van der Waals surface area contributed by atoms with Gasteiger partial charge in [-0.25, -0.2) is 0 Å². The fourth-order valence-corrected chi connectivity index (χ4v) is 2.71. The first-order valence-corrected chi connectivity index (χ1v) is 8.08. The second kappa shape index (κ2) is 10.3. The Kier molecular flexibility index (Phi) is 8.94. The van der Waals surface area contributed by atoms with Crippen LogP contribution in [0.5, 0.6) is 0 Å². The molecule has 1 aromatic rings. The molecule has 1 nitrogen and oxygen atoms in total. The summed E-state index contributed by atoms with van der Waals surface area (Å²) in [5, 5.41) is 4.23. The minimum Gasteiger partial charge on any atom is -0.313 e. The Morgan fingerprint density at radius 3 is 2.37 bits per heavy atom. The largest absolute Gasteiger partial charge is 0.313 e. The average Bonchev–Trinajstić information content (AvgIpc) is 2.42. The molecule has 1 unspecified atom stereocenters. The lowest BCUT2D eigenvalue weighted by molar-refractivity contribution is 0.496. The Balaban J connectivity index is 2.22. The van der Waals surface area contributed by atoms with Crippen molar-refractivity contribution in [3.8, 4) is 0 Å². The van der Waals surface area contributed by atoms with Gasteiger partial charge in [0.2, 0.25) is 0 Å². The molecule has 0 saturated heterocycles. The van der Waals surface area contributed by atoms with Crippen molar-refractivity contribution in [3.05, 3.63) is 34.9 Å². The minimum absolute atomic E-state index is 0.439. The molecule has 0 saturated carbocycles. The third-order valence-corrected chi connectivity index (χ3v) is 3.93. The van der Waals surface area contributed by atoms with E-state index in [1.54, 1.807) is 0 Å². The molecule has 1 atom stereocenters. The molecule has 1 rings (SSSR count). The second-order valence-electron chi connectivity index (χ2n) is 5.31. The number of hydrogen-bond acceptors (Lipinski definition) is 1. The topological polar surface area (TPSA) is 12.0 Å². The second-order valence-corrected chi connectivity index (χ2v) is 5.74. The summed E-state index contributed by atoms with van der Waals surface area (Å²) in [6.07, 6.45) is 10.7. The SMILES string of the molecule is CCCCCCCCCC(NC)c1cccc(Cl)c1. The van der Waals surface area contributed by atoms with Gasteiger partial charge in [-0.3, -0.25) is 0 Å². The predicted molar refractivity (Wildman–Crippen MR) is 85.9 cm³/mol. The third-order valence-electron chi connectivity index (χ3n) is 3.70. The summed E-state index contributed by atoms with van der Waals surface area (Å²) in [5.74, 6) is 0. The number of nitrogens with one attached hydrogen (secondary N) is 1. The molecule has 2 heteroatoms. The van der Waals surface area contributed by atoms with E-state index in [1.165, 1.54) is 56.9 Å². The molecule has 0 bridgehead atoms. The van der Waals surface area contributed by atoms with E-state index >= 15 is 0 Å². The van der Waals surface area contributed by atoms with Gasteiger partial charge in [0.1, 0.15) is 0 Å². The first kappa shape index (κ1) is 16.5. The van der Waals surface area contributed by atoms with Gasteiger partial charge >= 0.3 is 0 Å². The molecule has 19 heavy (non-hydrogen) atoms. The molecule has 0 aliphatic rings. The van der Waals surface area contributed by atoms with Crippen molar-refractivity contribution >= 4 is 11.6 Å². The Hall–Kier alpha value is -0.530. The zero-order valence-electron chi connectivity index (χ0n) is 12.4. The molecule has 0 aromatic heterocycles. The maximum absolute atomic E-state index is 6.05. The molecule has 1 N–H and O–H groups in total. The monoisotopic (exact) mass is 281 g/mol. The fraction of sp³-hybridized carbons (Fsp3) is 0.647. The van der Waals surface area contributed by atoms with Gasteiger partial charge in [-0.2, -0.15) is 0 Å². The highest BCUT2D eigenvalue weighted by molar-refractivity contribution is 6.30. The lowest BCUT2D eigenvalue weighted by Gasteiger charge is -2.16. The van der Waals surface area contributed by atoms with E-state index in [9.17, 15) is 0 Å². The predicted octanol–water partition coefficient (Wildman–Crippen LogP) is 5.74. The molecule has 1 aromatic carbocycles. The lowest BCUT2D eigenvalue weighted by Crippen LogP contribution is -2.16. The summed E-state index contributed by atoms with van der Waals surface area (Å²) in [5.41, 5.74) is 1.31. The standard InChI is InChI=1S/C17H28ClN/c1-3-4-5-6-7-8-9-13-17(19-2)15-11-10-12-16(18)14-15/h10-12,14,17,19H,3-9,13H2,1-2H3. The van der Waals surface area contributed by atoms with Gasteiger partial charge in [-0.05, 0) is 31.2 Å². The maximum atomic E-state index is 6.05. The van der Waals surface area contributed by atoms with Gasteiger partial charge < -0.3 is 5.32 Å². The maximum Gasteiger partial charge on any atom is 0.0409 e. The van der Waals surface area contributed by atoms with Crippen molar-refractivity contribution in [2.45, 2.75) is 64.3 Å². The summed E-state index contributed by atoms with van der Waals surface area (Å²) in [6, 6.07) is 8.64. The van der Waals surface area contributed by atoms with Crippen LogP contribution in [0.3, 0.4) is 0 Å². The Morgan fingerprint density at radius 2 is 1.74 bits per heavy atom.